The number of nitrogens with zero attached hydrogens (tertiary/aromatic N) is 4. The second-order valence-electron chi connectivity index (χ2n) is 7.76. The Morgan fingerprint density at radius 3 is 2.54 bits per heavy atom. The number of urea groups is 1. The van der Waals surface area contributed by atoms with Crippen LogP contribution < -0.4 is 0 Å². The summed E-state index contributed by atoms with van der Waals surface area (Å²) in [5.41, 5.74) is 3.20. The summed E-state index contributed by atoms with van der Waals surface area (Å²) in [6.07, 6.45) is 1.70. The second kappa shape index (κ2) is 6.92. The number of hydrogen-bond acceptors (Lipinski definition) is 4. The van der Waals surface area contributed by atoms with E-state index in [1.807, 2.05) is 12.1 Å². The minimum atomic E-state index is -0.693. The number of para-hydroxylation sites is 1. The van der Waals surface area contributed by atoms with Crippen molar-refractivity contribution in [2.45, 2.75) is 38.1 Å². The van der Waals surface area contributed by atoms with Crippen LogP contribution in [0.25, 0.3) is 11.0 Å². The molecule has 1 aromatic heterocycles. The number of benzene rings is 1. The smallest absolute Gasteiger partial charge is 0.326 e. The summed E-state index contributed by atoms with van der Waals surface area (Å²) in [6.45, 7) is 3.32. The number of rotatable bonds is 3. The third-order valence-electron chi connectivity index (χ3n) is 6.01. The van der Waals surface area contributed by atoms with Gasteiger partial charge >= 0.3 is 6.03 Å². The molecular formula is C20H25N5O3. The van der Waals surface area contributed by atoms with Crippen LogP contribution >= 0.6 is 0 Å². The van der Waals surface area contributed by atoms with Crippen LogP contribution in [0, 0.1) is 6.92 Å². The van der Waals surface area contributed by atoms with Crippen molar-refractivity contribution in [2.24, 2.45) is 0 Å². The topological polar surface area (TPSA) is 89.6 Å². The number of amides is 4. The maximum Gasteiger partial charge on any atom is 0.326 e. The van der Waals surface area contributed by atoms with Gasteiger partial charge in [0, 0.05) is 33.1 Å². The highest BCUT2D eigenvalue weighted by Crippen LogP contribution is 2.29. The zero-order chi connectivity index (χ0) is 20.0. The molecule has 4 amide bonds. The molecule has 0 unspecified atom stereocenters. The number of fused-ring (bicyclic) bond motifs is 1. The maximum absolute atomic E-state index is 12.7. The molecule has 28 heavy (non-hydrogen) atoms. The lowest BCUT2D eigenvalue weighted by atomic mass is 9.95. The molecule has 148 valence electrons. The molecule has 2 saturated heterocycles. The number of imidazole rings is 1. The van der Waals surface area contributed by atoms with Crippen LogP contribution in [0.3, 0.4) is 0 Å². The average molecular weight is 383 g/mol. The van der Waals surface area contributed by atoms with E-state index >= 15 is 0 Å². The average Bonchev–Trinajstić information content (AvgIpc) is 3.21. The van der Waals surface area contributed by atoms with Crippen LogP contribution in [-0.4, -0.2) is 75.7 Å². The summed E-state index contributed by atoms with van der Waals surface area (Å²) < 4.78 is 0. The molecule has 3 heterocycles. The summed E-state index contributed by atoms with van der Waals surface area (Å²) in [6, 6.07) is 5.05. The third kappa shape index (κ3) is 3.02. The van der Waals surface area contributed by atoms with Crippen molar-refractivity contribution in [2.75, 3.05) is 27.2 Å². The molecule has 0 aliphatic carbocycles. The van der Waals surface area contributed by atoms with E-state index in [9.17, 15) is 14.4 Å². The Balaban J connectivity index is 1.38. The van der Waals surface area contributed by atoms with E-state index in [-0.39, 0.29) is 24.3 Å². The molecular weight excluding hydrogens is 358 g/mol. The molecule has 8 nitrogen and oxygen atoms in total. The fourth-order valence-corrected chi connectivity index (χ4v) is 4.16. The predicted octanol–water partition coefficient (Wildman–Crippen LogP) is 1.86. The normalized spacial score (nSPS) is 21.2. The molecule has 1 aromatic carbocycles. The quantitative estimate of drug-likeness (QED) is 0.820. The monoisotopic (exact) mass is 383 g/mol. The largest absolute Gasteiger partial charge is 0.343 e. The van der Waals surface area contributed by atoms with Gasteiger partial charge in [-0.15, -0.1) is 0 Å². The van der Waals surface area contributed by atoms with Crippen molar-refractivity contribution >= 4 is 28.9 Å². The van der Waals surface area contributed by atoms with Crippen LogP contribution in [0.1, 0.15) is 36.6 Å². The molecule has 0 saturated carbocycles. The molecule has 0 spiro atoms. The number of aryl methyl sites for hydroxylation is 1. The minimum absolute atomic E-state index is 0.0416. The van der Waals surface area contributed by atoms with E-state index < -0.39 is 6.04 Å². The molecule has 0 radical (unpaired) electrons. The Morgan fingerprint density at radius 1 is 1.21 bits per heavy atom. The molecule has 2 aromatic rings. The van der Waals surface area contributed by atoms with Gasteiger partial charge in [0.25, 0.3) is 5.91 Å². The summed E-state index contributed by atoms with van der Waals surface area (Å²) in [5, 5.41) is 0. The second-order valence-corrected chi connectivity index (χ2v) is 7.76. The van der Waals surface area contributed by atoms with Gasteiger partial charge in [-0.25, -0.2) is 9.78 Å². The zero-order valence-corrected chi connectivity index (χ0v) is 16.4. The van der Waals surface area contributed by atoms with E-state index in [0.717, 1.165) is 40.2 Å². The summed E-state index contributed by atoms with van der Waals surface area (Å²) in [5.74, 6) is 0.884. The number of carbonyl (C=O) groups is 3. The highest BCUT2D eigenvalue weighted by Gasteiger charge is 2.42. The van der Waals surface area contributed by atoms with Gasteiger partial charge in [0.05, 0.1) is 17.5 Å². The fraction of sp³-hybridized carbons (Fsp3) is 0.500. The van der Waals surface area contributed by atoms with Crippen LogP contribution in [0.4, 0.5) is 4.79 Å². The Labute approximate surface area is 163 Å². The van der Waals surface area contributed by atoms with Crippen LogP contribution in [0.5, 0.6) is 0 Å². The number of likely N-dealkylation sites (N-methyl/N-ethyl adjacent to an activating group) is 2. The molecule has 2 aliphatic heterocycles. The zero-order valence-electron chi connectivity index (χ0n) is 16.4. The van der Waals surface area contributed by atoms with Crippen LogP contribution in [0.2, 0.25) is 0 Å². The molecule has 2 fully saturated rings. The first-order valence-electron chi connectivity index (χ1n) is 9.64. The summed E-state index contributed by atoms with van der Waals surface area (Å²) in [4.78, 5) is 49.2. The van der Waals surface area contributed by atoms with Crippen molar-refractivity contribution in [3.63, 3.8) is 0 Å². The van der Waals surface area contributed by atoms with Crippen molar-refractivity contribution in [3.8, 4) is 0 Å². The number of likely N-dealkylation sites (tertiary alicyclic amines) is 1. The number of H-pyrrole nitrogens is 1. The first-order chi connectivity index (χ1) is 13.4. The molecule has 1 atom stereocenters. The number of carbonyl (C=O) groups excluding carboxylic acids is 3. The Morgan fingerprint density at radius 2 is 1.93 bits per heavy atom. The molecule has 0 bridgehead atoms. The Bertz CT molecular complexity index is 944. The van der Waals surface area contributed by atoms with Gasteiger partial charge in [0.15, 0.2) is 0 Å². The van der Waals surface area contributed by atoms with Crippen molar-refractivity contribution < 1.29 is 14.4 Å². The van der Waals surface area contributed by atoms with E-state index in [1.165, 1.54) is 11.9 Å². The minimum Gasteiger partial charge on any atom is -0.343 e. The van der Waals surface area contributed by atoms with Gasteiger partial charge in [0.1, 0.15) is 11.9 Å². The fourth-order valence-electron chi connectivity index (χ4n) is 4.16. The number of aromatic amines is 1. The standard InChI is InChI=1S/C20H25N5O3/c1-12-5-4-6-14-17(12)22-18(21-14)13-7-9-25(10-8-13)16(26)11-15-19(27)24(3)20(28)23(15)2/h4-6,13,15H,7-11H2,1-3H3,(H,21,22)/t15-/m0/s1. The summed E-state index contributed by atoms with van der Waals surface area (Å²) >= 11 is 0. The van der Waals surface area contributed by atoms with E-state index in [1.54, 1.807) is 11.9 Å². The van der Waals surface area contributed by atoms with Gasteiger partial charge in [0.2, 0.25) is 5.91 Å². The highest BCUT2D eigenvalue weighted by atomic mass is 16.2. The maximum atomic E-state index is 12.7. The molecule has 2 aliphatic rings. The van der Waals surface area contributed by atoms with Gasteiger partial charge in [-0.2, -0.15) is 0 Å². The van der Waals surface area contributed by atoms with E-state index in [0.29, 0.717) is 19.0 Å². The van der Waals surface area contributed by atoms with Gasteiger partial charge in [-0.05, 0) is 31.4 Å². The lowest BCUT2D eigenvalue weighted by Gasteiger charge is -2.32. The van der Waals surface area contributed by atoms with Crippen molar-refractivity contribution in [1.82, 2.24) is 24.7 Å². The van der Waals surface area contributed by atoms with Crippen molar-refractivity contribution in [1.29, 1.82) is 0 Å². The lowest BCUT2D eigenvalue weighted by Crippen LogP contribution is -2.42. The number of aromatic nitrogens is 2. The number of nitrogens with one attached hydrogen (secondary N) is 1. The highest BCUT2D eigenvalue weighted by molar-refractivity contribution is 6.05. The Hall–Kier alpha value is -2.90. The van der Waals surface area contributed by atoms with Gasteiger partial charge in [-0.3, -0.25) is 14.5 Å². The lowest BCUT2D eigenvalue weighted by molar-refractivity contribution is -0.137. The Kier molecular flexibility index (Phi) is 4.56. The summed E-state index contributed by atoms with van der Waals surface area (Å²) in [7, 11) is 3.02. The molecule has 8 heteroatoms. The third-order valence-corrected chi connectivity index (χ3v) is 6.01. The number of imide groups is 1. The van der Waals surface area contributed by atoms with Crippen LogP contribution in [0.15, 0.2) is 18.2 Å². The molecule has 4 rings (SSSR count). The van der Waals surface area contributed by atoms with E-state index in [2.05, 4.69) is 18.0 Å². The first kappa shape index (κ1) is 18.5. The first-order valence-corrected chi connectivity index (χ1v) is 9.64. The number of hydrogen-bond donors (Lipinski definition) is 1. The van der Waals surface area contributed by atoms with Gasteiger partial charge in [-0.1, -0.05) is 12.1 Å². The molecule has 1 N–H and O–H groups in total. The van der Waals surface area contributed by atoms with E-state index in [4.69, 9.17) is 4.98 Å². The van der Waals surface area contributed by atoms with Crippen molar-refractivity contribution in [3.05, 3.63) is 29.6 Å². The number of piperidine rings is 1. The van der Waals surface area contributed by atoms with Crippen LogP contribution in [-0.2, 0) is 9.59 Å². The predicted molar refractivity (Wildman–Crippen MR) is 104 cm³/mol. The van der Waals surface area contributed by atoms with Gasteiger partial charge < -0.3 is 14.8 Å². The SMILES string of the molecule is Cc1cccc2[nH]c(C3CCN(C(=O)C[C@H]4C(=O)N(C)C(=O)N4C)CC3)nc12.